The standard InChI is InChI=1S/C14H20N2S.ClH/c1-5-11-7-15-12(6-2)16-13(11)14-10(4)9(3)8-17-14;/h7-8,13H,5-6H2,1-4H3,(H,15,16);1H. The Morgan fingerprint density at radius 1 is 1.28 bits per heavy atom. The van der Waals surface area contributed by atoms with Crippen LogP contribution in [0.15, 0.2) is 22.1 Å². The van der Waals surface area contributed by atoms with Gasteiger partial charge < -0.3 is 5.32 Å². The first kappa shape index (κ1) is 15.3. The highest BCUT2D eigenvalue weighted by molar-refractivity contribution is 7.10. The number of halogens is 1. The number of thiophene rings is 1. The molecule has 1 aliphatic rings. The summed E-state index contributed by atoms with van der Waals surface area (Å²) >= 11 is 1.84. The van der Waals surface area contributed by atoms with Crippen LogP contribution in [0.3, 0.4) is 0 Å². The van der Waals surface area contributed by atoms with Crippen molar-refractivity contribution in [2.75, 3.05) is 0 Å². The quantitative estimate of drug-likeness (QED) is 0.866. The van der Waals surface area contributed by atoms with E-state index in [0.717, 1.165) is 18.7 Å². The lowest BCUT2D eigenvalue weighted by Crippen LogP contribution is -2.23. The maximum absolute atomic E-state index is 4.84. The summed E-state index contributed by atoms with van der Waals surface area (Å²) in [4.78, 5) is 6.25. The molecule has 100 valence electrons. The molecule has 0 bridgehead atoms. The van der Waals surface area contributed by atoms with Crippen molar-refractivity contribution >= 4 is 29.6 Å². The Morgan fingerprint density at radius 3 is 2.50 bits per heavy atom. The van der Waals surface area contributed by atoms with Gasteiger partial charge in [-0.25, -0.2) is 0 Å². The summed E-state index contributed by atoms with van der Waals surface area (Å²) < 4.78 is 0. The van der Waals surface area contributed by atoms with Gasteiger partial charge in [0.2, 0.25) is 0 Å². The summed E-state index contributed by atoms with van der Waals surface area (Å²) in [5.41, 5.74) is 4.17. The van der Waals surface area contributed by atoms with E-state index in [4.69, 9.17) is 4.99 Å². The highest BCUT2D eigenvalue weighted by atomic mass is 35.5. The third kappa shape index (κ3) is 2.78. The van der Waals surface area contributed by atoms with Gasteiger partial charge in [0.15, 0.2) is 0 Å². The Balaban J connectivity index is 0.00000162. The van der Waals surface area contributed by atoms with Gasteiger partial charge >= 0.3 is 0 Å². The number of hydrogen-bond acceptors (Lipinski definition) is 3. The summed E-state index contributed by atoms with van der Waals surface area (Å²) in [7, 11) is 0. The highest BCUT2D eigenvalue weighted by Gasteiger charge is 2.22. The molecule has 0 aromatic carbocycles. The molecule has 0 amide bonds. The smallest absolute Gasteiger partial charge is 0.109 e. The van der Waals surface area contributed by atoms with Gasteiger partial charge in [-0.2, -0.15) is 0 Å². The van der Waals surface area contributed by atoms with Crippen molar-refractivity contribution in [3.8, 4) is 0 Å². The molecule has 1 aromatic rings. The van der Waals surface area contributed by atoms with Crippen molar-refractivity contribution in [2.24, 2.45) is 4.99 Å². The van der Waals surface area contributed by atoms with Gasteiger partial charge in [-0.3, -0.25) is 4.99 Å². The van der Waals surface area contributed by atoms with Crippen LogP contribution in [0.5, 0.6) is 0 Å². The third-order valence-corrected chi connectivity index (χ3v) is 4.63. The van der Waals surface area contributed by atoms with E-state index in [1.54, 1.807) is 0 Å². The van der Waals surface area contributed by atoms with Crippen molar-refractivity contribution in [1.29, 1.82) is 0 Å². The largest absolute Gasteiger partial charge is 0.350 e. The van der Waals surface area contributed by atoms with E-state index in [-0.39, 0.29) is 18.4 Å². The molecule has 1 atom stereocenters. The second-order valence-electron chi connectivity index (χ2n) is 4.46. The zero-order chi connectivity index (χ0) is 12.4. The summed E-state index contributed by atoms with van der Waals surface area (Å²) in [5, 5.41) is 5.53. The fraction of sp³-hybridized carbons (Fsp3) is 0.500. The van der Waals surface area contributed by atoms with Crippen molar-refractivity contribution in [3.05, 3.63) is 33.2 Å². The second kappa shape index (κ2) is 6.39. The van der Waals surface area contributed by atoms with Crippen LogP contribution in [-0.2, 0) is 0 Å². The molecule has 0 saturated heterocycles. The lowest BCUT2D eigenvalue weighted by Gasteiger charge is -2.22. The molecule has 4 heteroatoms. The van der Waals surface area contributed by atoms with E-state index >= 15 is 0 Å². The summed E-state index contributed by atoms with van der Waals surface area (Å²) in [5.74, 6) is 1.10. The fourth-order valence-corrected chi connectivity index (χ4v) is 3.19. The van der Waals surface area contributed by atoms with Crippen LogP contribution in [-0.4, -0.2) is 5.84 Å². The number of hydrogen-bond donors (Lipinski definition) is 1. The molecular formula is C14H21ClN2S. The van der Waals surface area contributed by atoms with Crippen LogP contribution in [0.1, 0.15) is 48.7 Å². The molecule has 1 N–H and O–H groups in total. The first-order chi connectivity index (χ1) is 8.17. The zero-order valence-electron chi connectivity index (χ0n) is 11.4. The van der Waals surface area contributed by atoms with E-state index < -0.39 is 0 Å². The molecule has 18 heavy (non-hydrogen) atoms. The van der Waals surface area contributed by atoms with E-state index in [0.29, 0.717) is 0 Å². The molecule has 0 saturated carbocycles. The van der Waals surface area contributed by atoms with Gasteiger partial charge in [0, 0.05) is 17.5 Å². The van der Waals surface area contributed by atoms with E-state index in [1.165, 1.54) is 21.6 Å². The van der Waals surface area contributed by atoms with E-state index in [2.05, 4.69) is 44.6 Å². The monoisotopic (exact) mass is 284 g/mol. The molecule has 0 aliphatic carbocycles. The van der Waals surface area contributed by atoms with Crippen LogP contribution < -0.4 is 5.32 Å². The maximum Gasteiger partial charge on any atom is 0.109 e. The van der Waals surface area contributed by atoms with Crippen LogP contribution in [0.4, 0.5) is 0 Å². The summed E-state index contributed by atoms with van der Waals surface area (Å²) in [6.45, 7) is 8.72. The predicted octanol–water partition coefficient (Wildman–Crippen LogP) is 4.53. The Morgan fingerprint density at radius 2 is 2.00 bits per heavy atom. The number of nitrogens with zero attached hydrogens (tertiary/aromatic N) is 1. The Labute approximate surface area is 120 Å². The number of rotatable bonds is 3. The molecule has 2 nitrogen and oxygen atoms in total. The van der Waals surface area contributed by atoms with Gasteiger partial charge in [-0.15, -0.1) is 23.7 Å². The van der Waals surface area contributed by atoms with Crippen LogP contribution in [0.2, 0.25) is 0 Å². The number of nitrogens with one attached hydrogen (secondary N) is 1. The molecule has 1 aromatic heterocycles. The molecule has 2 rings (SSSR count). The molecule has 1 aliphatic heterocycles. The Hall–Kier alpha value is -0.800. The van der Waals surface area contributed by atoms with Crippen molar-refractivity contribution in [2.45, 2.75) is 46.6 Å². The van der Waals surface area contributed by atoms with Gasteiger partial charge in [-0.1, -0.05) is 13.8 Å². The topological polar surface area (TPSA) is 24.4 Å². The van der Waals surface area contributed by atoms with Crippen LogP contribution in [0.25, 0.3) is 0 Å². The average molecular weight is 285 g/mol. The summed E-state index contributed by atoms with van der Waals surface area (Å²) in [6, 6.07) is 0.245. The third-order valence-electron chi connectivity index (χ3n) is 3.38. The number of aryl methyl sites for hydroxylation is 1. The van der Waals surface area contributed by atoms with Crippen molar-refractivity contribution < 1.29 is 0 Å². The molecule has 0 fully saturated rings. The summed E-state index contributed by atoms with van der Waals surface area (Å²) in [6.07, 6.45) is 4.16. The minimum atomic E-state index is 0. The number of amidine groups is 1. The van der Waals surface area contributed by atoms with Crippen molar-refractivity contribution in [3.63, 3.8) is 0 Å². The molecule has 0 spiro atoms. The maximum atomic E-state index is 4.84. The Bertz CT molecular complexity index is 474. The van der Waals surface area contributed by atoms with Gasteiger partial charge in [0.1, 0.15) is 11.9 Å². The minimum absolute atomic E-state index is 0. The second-order valence-corrected chi connectivity index (χ2v) is 5.37. The molecule has 1 unspecified atom stereocenters. The van der Waals surface area contributed by atoms with Gasteiger partial charge in [0.25, 0.3) is 0 Å². The molecular weight excluding hydrogens is 264 g/mol. The normalized spacial score (nSPS) is 18.6. The average Bonchev–Trinajstić information content (AvgIpc) is 2.69. The fourth-order valence-electron chi connectivity index (χ4n) is 2.04. The predicted molar refractivity (Wildman–Crippen MR) is 83.0 cm³/mol. The van der Waals surface area contributed by atoms with Crippen LogP contribution in [0, 0.1) is 13.8 Å². The molecule has 0 radical (unpaired) electrons. The first-order valence-electron chi connectivity index (χ1n) is 6.24. The minimum Gasteiger partial charge on any atom is -0.350 e. The highest BCUT2D eigenvalue weighted by Crippen LogP contribution is 2.36. The zero-order valence-corrected chi connectivity index (χ0v) is 13.0. The van der Waals surface area contributed by atoms with E-state index in [1.807, 2.05) is 11.3 Å². The first-order valence-corrected chi connectivity index (χ1v) is 7.12. The SMILES string of the molecule is CCC1=CNC(CC)=NC1c1scc(C)c1C.Cl. The molecule has 2 heterocycles. The lowest BCUT2D eigenvalue weighted by molar-refractivity contribution is 0.769. The Kier molecular flexibility index (Phi) is 5.42. The lowest BCUT2D eigenvalue weighted by atomic mass is 9.99. The van der Waals surface area contributed by atoms with Gasteiger partial charge in [-0.05, 0) is 42.3 Å². The van der Waals surface area contributed by atoms with Crippen molar-refractivity contribution in [1.82, 2.24) is 5.32 Å². The van der Waals surface area contributed by atoms with Crippen LogP contribution >= 0.6 is 23.7 Å². The van der Waals surface area contributed by atoms with Gasteiger partial charge in [0.05, 0.1) is 0 Å². The number of aliphatic imine (C=N–C) groups is 1. The van der Waals surface area contributed by atoms with E-state index in [9.17, 15) is 0 Å².